The minimum atomic E-state index is -3.27. The van der Waals surface area contributed by atoms with E-state index in [4.69, 9.17) is 0 Å². The number of hydrogen-bond donors (Lipinski definition) is 1. The van der Waals surface area contributed by atoms with Crippen molar-refractivity contribution >= 4 is 38.2 Å². The lowest BCUT2D eigenvalue weighted by molar-refractivity contribution is 0.102. The van der Waals surface area contributed by atoms with Crippen LogP contribution in [0.15, 0.2) is 54.7 Å². The first-order valence-electron chi connectivity index (χ1n) is 9.49. The monoisotopic (exact) mass is 397 g/mol. The fourth-order valence-electron chi connectivity index (χ4n) is 3.65. The summed E-state index contributed by atoms with van der Waals surface area (Å²) in [5.41, 5.74) is 2.83. The van der Waals surface area contributed by atoms with Gasteiger partial charge in [-0.2, -0.15) is 0 Å². The molecule has 1 amide bonds. The first-order valence-corrected chi connectivity index (χ1v) is 11.1. The molecule has 0 aliphatic carbocycles. The van der Waals surface area contributed by atoms with Crippen LogP contribution < -0.4 is 9.62 Å². The van der Waals surface area contributed by atoms with E-state index in [2.05, 4.69) is 23.0 Å². The van der Waals surface area contributed by atoms with E-state index in [1.165, 1.54) is 4.31 Å². The number of anilines is 2. The van der Waals surface area contributed by atoms with Crippen LogP contribution in [0, 0.1) is 0 Å². The minimum Gasteiger partial charge on any atom is -0.347 e. The number of carbonyl (C=O) groups excluding carboxylic acids is 1. The summed E-state index contributed by atoms with van der Waals surface area (Å²) in [4.78, 5) is 12.7. The molecule has 1 N–H and O–H groups in total. The summed E-state index contributed by atoms with van der Waals surface area (Å²) in [6.07, 6.45) is 3.72. The maximum absolute atomic E-state index is 12.7. The van der Waals surface area contributed by atoms with E-state index in [1.54, 1.807) is 24.3 Å². The van der Waals surface area contributed by atoms with Crippen LogP contribution in [0.4, 0.5) is 11.4 Å². The molecule has 28 heavy (non-hydrogen) atoms. The summed E-state index contributed by atoms with van der Waals surface area (Å²) >= 11 is 0. The second kappa shape index (κ2) is 7.31. The van der Waals surface area contributed by atoms with Crippen molar-refractivity contribution in [1.29, 1.82) is 0 Å². The van der Waals surface area contributed by atoms with Gasteiger partial charge in [0.15, 0.2) is 0 Å². The fraction of sp³-hybridized carbons (Fsp3) is 0.286. The molecule has 1 saturated heterocycles. The molecule has 1 aromatic heterocycles. The average molecular weight is 398 g/mol. The Morgan fingerprint density at radius 2 is 2.00 bits per heavy atom. The van der Waals surface area contributed by atoms with Crippen LogP contribution in [-0.4, -0.2) is 31.2 Å². The molecule has 2 heterocycles. The molecule has 146 valence electrons. The van der Waals surface area contributed by atoms with Crippen LogP contribution in [0.5, 0.6) is 0 Å². The quantitative estimate of drug-likeness (QED) is 0.711. The molecule has 1 aliphatic rings. The third kappa shape index (κ3) is 3.49. The molecule has 3 aromatic rings. The molecule has 0 bridgehead atoms. The van der Waals surface area contributed by atoms with Gasteiger partial charge in [-0.3, -0.25) is 9.10 Å². The summed E-state index contributed by atoms with van der Waals surface area (Å²) < 4.78 is 27.8. The zero-order valence-electron chi connectivity index (χ0n) is 15.8. The Balaban J connectivity index is 1.55. The van der Waals surface area contributed by atoms with Crippen molar-refractivity contribution < 1.29 is 13.2 Å². The molecular formula is C21H23N3O3S. The van der Waals surface area contributed by atoms with Crippen molar-refractivity contribution in [2.45, 2.75) is 26.3 Å². The van der Waals surface area contributed by atoms with Crippen LogP contribution in [0.1, 0.15) is 30.1 Å². The van der Waals surface area contributed by atoms with Gasteiger partial charge in [0, 0.05) is 41.4 Å². The molecule has 0 unspecified atom stereocenters. The highest BCUT2D eigenvalue weighted by molar-refractivity contribution is 7.93. The van der Waals surface area contributed by atoms with Crippen molar-refractivity contribution in [3.63, 3.8) is 0 Å². The van der Waals surface area contributed by atoms with Gasteiger partial charge in [0.1, 0.15) is 0 Å². The standard InChI is InChI=1S/C21H23N3O3S/c1-2-10-23-12-9-16-14-18(7-8-20(16)23)22-21(25)17-5-3-6-19(15-17)24-11-4-13-28(24,26)27/h3,5-9,12,14-15H,2,4,10-11,13H2,1H3,(H,22,25). The van der Waals surface area contributed by atoms with Crippen molar-refractivity contribution in [1.82, 2.24) is 4.57 Å². The van der Waals surface area contributed by atoms with Crippen LogP contribution >= 0.6 is 0 Å². The van der Waals surface area contributed by atoms with Crippen LogP contribution in [0.2, 0.25) is 0 Å². The Morgan fingerprint density at radius 1 is 1.14 bits per heavy atom. The Labute approximate surface area is 164 Å². The number of nitrogens with one attached hydrogen (secondary N) is 1. The lowest BCUT2D eigenvalue weighted by Gasteiger charge is -2.17. The van der Waals surface area contributed by atoms with Gasteiger partial charge in [-0.05, 0) is 55.3 Å². The van der Waals surface area contributed by atoms with Crippen molar-refractivity contribution in [2.75, 3.05) is 21.9 Å². The summed E-state index contributed by atoms with van der Waals surface area (Å²) in [6, 6.07) is 14.7. The van der Waals surface area contributed by atoms with E-state index in [-0.39, 0.29) is 11.7 Å². The van der Waals surface area contributed by atoms with Crippen molar-refractivity contribution in [3.8, 4) is 0 Å². The zero-order valence-corrected chi connectivity index (χ0v) is 16.6. The number of benzene rings is 2. The molecule has 0 spiro atoms. The maximum Gasteiger partial charge on any atom is 0.255 e. The molecule has 0 atom stereocenters. The highest BCUT2D eigenvalue weighted by atomic mass is 32.2. The number of hydrogen-bond acceptors (Lipinski definition) is 3. The van der Waals surface area contributed by atoms with Gasteiger partial charge in [0.2, 0.25) is 10.0 Å². The molecule has 6 nitrogen and oxygen atoms in total. The number of carbonyl (C=O) groups is 1. The SMILES string of the molecule is CCCn1ccc2cc(NC(=O)c3cccc(N4CCCS4(=O)=O)c3)ccc21. The Kier molecular flexibility index (Phi) is 4.85. The summed E-state index contributed by atoms with van der Waals surface area (Å²) in [6.45, 7) is 3.56. The molecule has 1 fully saturated rings. The second-order valence-corrected chi connectivity index (χ2v) is 9.04. The van der Waals surface area contributed by atoms with Crippen LogP contribution in [0.25, 0.3) is 10.9 Å². The predicted octanol–water partition coefficient (Wildman–Crippen LogP) is 3.84. The largest absolute Gasteiger partial charge is 0.347 e. The lowest BCUT2D eigenvalue weighted by Crippen LogP contribution is -2.25. The Hall–Kier alpha value is -2.80. The molecule has 4 rings (SSSR count). The number of aryl methyl sites for hydroxylation is 1. The first kappa shape index (κ1) is 18.6. The number of amides is 1. The van der Waals surface area contributed by atoms with Gasteiger partial charge in [-0.15, -0.1) is 0 Å². The average Bonchev–Trinajstić information content (AvgIpc) is 3.24. The normalized spacial score (nSPS) is 15.8. The molecule has 7 heteroatoms. The van der Waals surface area contributed by atoms with Crippen molar-refractivity contribution in [3.05, 3.63) is 60.3 Å². The summed E-state index contributed by atoms with van der Waals surface area (Å²) in [7, 11) is -3.27. The Morgan fingerprint density at radius 3 is 2.75 bits per heavy atom. The zero-order chi connectivity index (χ0) is 19.7. The number of sulfonamides is 1. The number of aromatic nitrogens is 1. The van der Waals surface area contributed by atoms with E-state index in [1.807, 2.05) is 24.3 Å². The smallest absolute Gasteiger partial charge is 0.255 e. The molecule has 2 aromatic carbocycles. The van der Waals surface area contributed by atoms with Crippen molar-refractivity contribution in [2.24, 2.45) is 0 Å². The van der Waals surface area contributed by atoms with E-state index >= 15 is 0 Å². The van der Waals surface area contributed by atoms with Gasteiger partial charge < -0.3 is 9.88 Å². The summed E-state index contributed by atoms with van der Waals surface area (Å²) in [5, 5.41) is 3.99. The predicted molar refractivity (Wildman–Crippen MR) is 112 cm³/mol. The van der Waals surface area contributed by atoms with Gasteiger partial charge in [-0.25, -0.2) is 8.42 Å². The molecular weight excluding hydrogens is 374 g/mol. The van der Waals surface area contributed by atoms with Crippen LogP contribution in [0.3, 0.4) is 0 Å². The van der Waals surface area contributed by atoms with E-state index in [9.17, 15) is 13.2 Å². The van der Waals surface area contributed by atoms with Gasteiger partial charge in [-0.1, -0.05) is 13.0 Å². The first-order chi connectivity index (χ1) is 13.5. The maximum atomic E-state index is 12.7. The van der Waals surface area contributed by atoms with E-state index < -0.39 is 10.0 Å². The molecule has 0 radical (unpaired) electrons. The van der Waals surface area contributed by atoms with Gasteiger partial charge in [0.05, 0.1) is 11.4 Å². The Bertz CT molecular complexity index is 1130. The third-order valence-electron chi connectivity index (χ3n) is 4.99. The minimum absolute atomic E-state index is 0.154. The fourth-order valence-corrected chi connectivity index (χ4v) is 5.21. The van der Waals surface area contributed by atoms with Gasteiger partial charge in [0.25, 0.3) is 5.91 Å². The van der Waals surface area contributed by atoms with Gasteiger partial charge >= 0.3 is 0 Å². The molecule has 1 aliphatic heterocycles. The number of nitrogens with zero attached hydrogens (tertiary/aromatic N) is 2. The number of fused-ring (bicyclic) bond motifs is 1. The summed E-state index contributed by atoms with van der Waals surface area (Å²) in [5.74, 6) is -0.105. The van der Waals surface area contributed by atoms with Crippen LogP contribution in [-0.2, 0) is 16.6 Å². The molecule has 0 saturated carbocycles. The second-order valence-electron chi connectivity index (χ2n) is 7.03. The van der Waals surface area contributed by atoms with E-state index in [0.717, 1.165) is 23.9 Å². The highest BCUT2D eigenvalue weighted by Gasteiger charge is 2.28. The third-order valence-corrected chi connectivity index (χ3v) is 6.86. The topological polar surface area (TPSA) is 71.4 Å². The number of rotatable bonds is 5. The highest BCUT2D eigenvalue weighted by Crippen LogP contribution is 2.26. The van der Waals surface area contributed by atoms with E-state index in [0.29, 0.717) is 29.9 Å². The lowest BCUT2D eigenvalue weighted by atomic mass is 10.1.